The lowest BCUT2D eigenvalue weighted by Gasteiger charge is -2.18. The van der Waals surface area contributed by atoms with Gasteiger partial charge in [0.05, 0.1) is 5.39 Å². The summed E-state index contributed by atoms with van der Waals surface area (Å²) in [5, 5.41) is 2.57. The van der Waals surface area contributed by atoms with E-state index in [1.165, 1.54) is 21.5 Å². The monoisotopic (exact) mass is 371 g/mol. The van der Waals surface area contributed by atoms with Gasteiger partial charge in [0.25, 0.3) is 5.56 Å². The van der Waals surface area contributed by atoms with E-state index < -0.39 is 0 Å². The van der Waals surface area contributed by atoms with Crippen LogP contribution >= 0.6 is 11.3 Å². The zero-order valence-electron chi connectivity index (χ0n) is 15.5. The molecular formula is C20H25N3O2S. The van der Waals surface area contributed by atoms with E-state index in [1.807, 2.05) is 17.5 Å². The highest BCUT2D eigenvalue weighted by molar-refractivity contribution is 7.17. The fourth-order valence-corrected chi connectivity index (χ4v) is 4.12. The second-order valence-electron chi connectivity index (χ2n) is 6.32. The lowest BCUT2D eigenvalue weighted by Crippen LogP contribution is -2.39. The molecular weight excluding hydrogens is 346 g/mol. The minimum absolute atomic E-state index is 0.202. The molecule has 5 nitrogen and oxygen atoms in total. The van der Waals surface area contributed by atoms with E-state index in [9.17, 15) is 9.59 Å². The number of benzene rings is 1. The number of rotatable bonds is 7. The number of aromatic amines is 1. The Balaban J connectivity index is 2.06. The summed E-state index contributed by atoms with van der Waals surface area (Å²) in [7, 11) is 0. The van der Waals surface area contributed by atoms with E-state index in [2.05, 4.69) is 42.8 Å². The molecule has 2 heterocycles. The van der Waals surface area contributed by atoms with Crippen LogP contribution in [-0.2, 0) is 13.0 Å². The first kappa shape index (κ1) is 18.6. The summed E-state index contributed by atoms with van der Waals surface area (Å²) in [4.78, 5) is 31.1. The number of hydrogen-bond acceptors (Lipinski definition) is 4. The number of fused-ring (bicyclic) bond motifs is 1. The predicted molar refractivity (Wildman–Crippen MR) is 109 cm³/mol. The number of likely N-dealkylation sites (N-methyl/N-ethyl adjacent to an activating group) is 1. The van der Waals surface area contributed by atoms with Crippen LogP contribution in [0.5, 0.6) is 0 Å². The summed E-state index contributed by atoms with van der Waals surface area (Å²) in [6.45, 7) is 9.17. The zero-order valence-corrected chi connectivity index (χ0v) is 16.4. The Bertz CT molecular complexity index is 995. The third kappa shape index (κ3) is 3.52. The molecule has 3 rings (SSSR count). The summed E-state index contributed by atoms with van der Waals surface area (Å²) in [6.07, 6.45) is 0.982. The van der Waals surface area contributed by atoms with Gasteiger partial charge in [-0.15, -0.1) is 11.3 Å². The normalized spacial score (nSPS) is 11.5. The highest BCUT2D eigenvalue weighted by atomic mass is 32.1. The Labute approximate surface area is 156 Å². The number of hydrogen-bond donors (Lipinski definition) is 1. The van der Waals surface area contributed by atoms with E-state index in [4.69, 9.17) is 0 Å². The van der Waals surface area contributed by atoms with Crippen molar-refractivity contribution in [1.82, 2.24) is 14.5 Å². The van der Waals surface area contributed by atoms with Crippen LogP contribution in [0.2, 0.25) is 0 Å². The third-order valence-corrected chi connectivity index (χ3v) is 5.82. The summed E-state index contributed by atoms with van der Waals surface area (Å²) >= 11 is 1.41. The Morgan fingerprint density at radius 1 is 1.08 bits per heavy atom. The van der Waals surface area contributed by atoms with Crippen LogP contribution in [0.3, 0.4) is 0 Å². The summed E-state index contributed by atoms with van der Waals surface area (Å²) in [5.41, 5.74) is 2.63. The van der Waals surface area contributed by atoms with Crippen LogP contribution in [0.4, 0.5) is 0 Å². The average Bonchev–Trinajstić information content (AvgIpc) is 3.08. The maximum Gasteiger partial charge on any atom is 0.329 e. The molecule has 2 aromatic heterocycles. The molecule has 3 aromatic rings. The zero-order chi connectivity index (χ0) is 18.7. The number of H-pyrrole nitrogens is 1. The van der Waals surface area contributed by atoms with Crippen LogP contribution in [0, 0.1) is 0 Å². The molecule has 0 spiro atoms. The first-order valence-electron chi connectivity index (χ1n) is 9.15. The highest BCUT2D eigenvalue weighted by Crippen LogP contribution is 2.30. The Morgan fingerprint density at radius 3 is 2.38 bits per heavy atom. The molecule has 0 aliphatic carbocycles. The number of aromatic nitrogens is 2. The van der Waals surface area contributed by atoms with Gasteiger partial charge in [-0.2, -0.15) is 0 Å². The predicted octanol–water partition coefficient (Wildman–Crippen LogP) is 3.32. The number of nitrogens with zero attached hydrogens (tertiary/aromatic N) is 2. The van der Waals surface area contributed by atoms with Gasteiger partial charge in [0.1, 0.15) is 4.83 Å². The smallest absolute Gasteiger partial charge is 0.302 e. The molecule has 6 heteroatoms. The van der Waals surface area contributed by atoms with E-state index >= 15 is 0 Å². The molecule has 0 saturated heterocycles. The quantitative estimate of drug-likeness (QED) is 0.693. The van der Waals surface area contributed by atoms with Gasteiger partial charge in [0, 0.05) is 24.0 Å². The van der Waals surface area contributed by atoms with Crippen LogP contribution in [-0.4, -0.2) is 34.1 Å². The molecule has 0 bridgehead atoms. The van der Waals surface area contributed by atoms with Crippen molar-refractivity contribution >= 4 is 21.6 Å². The second-order valence-corrected chi connectivity index (χ2v) is 7.20. The molecule has 1 aromatic carbocycles. The molecule has 0 aliphatic heterocycles. The topological polar surface area (TPSA) is 58.1 Å². The maximum atomic E-state index is 13.0. The van der Waals surface area contributed by atoms with Gasteiger partial charge in [-0.25, -0.2) is 4.79 Å². The van der Waals surface area contributed by atoms with Gasteiger partial charge >= 0.3 is 5.69 Å². The highest BCUT2D eigenvalue weighted by Gasteiger charge is 2.15. The first-order valence-corrected chi connectivity index (χ1v) is 10.0. The SMILES string of the molecule is CCc1ccc(-c2csc3[nH]c(=O)n(CCN(CC)CC)c(=O)c23)cc1. The Kier molecular flexibility index (Phi) is 5.74. The van der Waals surface area contributed by atoms with Crippen molar-refractivity contribution in [2.24, 2.45) is 0 Å². The standard InChI is InChI=1S/C20H25N3O2S/c1-4-14-7-9-15(10-8-14)16-13-26-18-17(16)19(24)23(20(25)21-18)12-11-22(5-2)6-3/h7-10,13H,4-6,11-12H2,1-3H3,(H,21,25). The fraction of sp³-hybridized carbons (Fsp3) is 0.400. The van der Waals surface area contributed by atoms with Gasteiger partial charge < -0.3 is 4.90 Å². The lowest BCUT2D eigenvalue weighted by molar-refractivity contribution is 0.287. The van der Waals surface area contributed by atoms with E-state index in [-0.39, 0.29) is 11.2 Å². The molecule has 0 amide bonds. The van der Waals surface area contributed by atoms with Crippen LogP contribution in [0.1, 0.15) is 26.3 Å². The summed E-state index contributed by atoms with van der Waals surface area (Å²) < 4.78 is 1.33. The molecule has 0 atom stereocenters. The van der Waals surface area contributed by atoms with Crippen molar-refractivity contribution in [2.75, 3.05) is 19.6 Å². The van der Waals surface area contributed by atoms with Gasteiger partial charge in [-0.3, -0.25) is 14.3 Å². The maximum absolute atomic E-state index is 13.0. The van der Waals surface area contributed by atoms with Crippen molar-refractivity contribution < 1.29 is 0 Å². The second kappa shape index (κ2) is 8.01. The minimum Gasteiger partial charge on any atom is -0.302 e. The summed E-state index contributed by atoms with van der Waals surface area (Å²) in [6, 6.07) is 8.27. The number of nitrogens with one attached hydrogen (secondary N) is 1. The molecule has 0 aliphatic rings. The molecule has 1 N–H and O–H groups in total. The van der Waals surface area contributed by atoms with E-state index in [1.54, 1.807) is 0 Å². The van der Waals surface area contributed by atoms with Crippen LogP contribution in [0.15, 0.2) is 39.2 Å². The largest absolute Gasteiger partial charge is 0.329 e. The molecule has 0 radical (unpaired) electrons. The molecule has 26 heavy (non-hydrogen) atoms. The number of thiophene rings is 1. The van der Waals surface area contributed by atoms with Gasteiger partial charge in [0.2, 0.25) is 0 Å². The number of aryl methyl sites for hydroxylation is 1. The fourth-order valence-electron chi connectivity index (χ4n) is 3.17. The van der Waals surface area contributed by atoms with Crippen molar-refractivity contribution in [3.63, 3.8) is 0 Å². The van der Waals surface area contributed by atoms with Gasteiger partial charge in [-0.05, 0) is 30.6 Å². The first-order chi connectivity index (χ1) is 12.6. The Hall–Kier alpha value is -2.18. The Morgan fingerprint density at radius 2 is 1.77 bits per heavy atom. The molecule has 0 saturated carbocycles. The van der Waals surface area contributed by atoms with Crippen LogP contribution in [0.25, 0.3) is 21.3 Å². The van der Waals surface area contributed by atoms with Crippen molar-refractivity contribution in [3.8, 4) is 11.1 Å². The van der Waals surface area contributed by atoms with Crippen molar-refractivity contribution in [1.29, 1.82) is 0 Å². The van der Waals surface area contributed by atoms with Crippen molar-refractivity contribution in [3.05, 3.63) is 56.0 Å². The molecule has 0 unspecified atom stereocenters. The van der Waals surface area contributed by atoms with E-state index in [0.717, 1.165) is 30.6 Å². The third-order valence-electron chi connectivity index (χ3n) is 4.92. The minimum atomic E-state index is -0.329. The van der Waals surface area contributed by atoms with Gasteiger partial charge in [-0.1, -0.05) is 45.0 Å². The van der Waals surface area contributed by atoms with Crippen LogP contribution < -0.4 is 11.2 Å². The van der Waals surface area contributed by atoms with Gasteiger partial charge in [0.15, 0.2) is 0 Å². The molecule has 138 valence electrons. The van der Waals surface area contributed by atoms with E-state index in [0.29, 0.717) is 23.3 Å². The van der Waals surface area contributed by atoms with Crippen molar-refractivity contribution in [2.45, 2.75) is 33.7 Å². The summed E-state index contributed by atoms with van der Waals surface area (Å²) in [5.74, 6) is 0. The average molecular weight is 372 g/mol. The molecule has 0 fully saturated rings. The lowest BCUT2D eigenvalue weighted by atomic mass is 10.0.